The van der Waals surface area contributed by atoms with Gasteiger partial charge in [-0.1, -0.05) is 53.7 Å². The number of aromatic hydroxyl groups is 1. The van der Waals surface area contributed by atoms with Crippen LogP contribution >= 0.6 is 0 Å². The first kappa shape index (κ1) is 23.4. The van der Waals surface area contributed by atoms with Gasteiger partial charge in [0.2, 0.25) is 0 Å². The largest absolute Gasteiger partial charge is 0.507 e. The normalized spacial score (nSPS) is 12.4. The molecule has 1 rings (SSSR count). The fraction of sp³-hybridized carbons (Fsp3) is 0.667. The second-order valence-electron chi connectivity index (χ2n) is 9.80. The van der Waals surface area contributed by atoms with E-state index in [4.69, 9.17) is 10.8 Å². The quantitative estimate of drug-likeness (QED) is 0.734. The minimum absolute atomic E-state index is 0. The number of carboxylic acid groups (broad SMARTS) is 1. The molecular weight excluding hydrogens is 314 g/mol. The number of aliphatic carboxylic acids is 1. The maximum atomic E-state index is 10.8. The third kappa shape index (κ3) is 9.49. The molecule has 25 heavy (non-hydrogen) atoms. The predicted octanol–water partition coefficient (Wildman–Crippen LogP) is 4.75. The number of hydrogen-bond donors (Lipinski definition) is 3. The summed E-state index contributed by atoms with van der Waals surface area (Å²) in [5.41, 5.74) is 7.73. The van der Waals surface area contributed by atoms with Crippen molar-refractivity contribution in [3.63, 3.8) is 0 Å². The highest BCUT2D eigenvalue weighted by Gasteiger charge is 2.26. The van der Waals surface area contributed by atoms with Crippen LogP contribution < -0.4 is 5.73 Å². The van der Waals surface area contributed by atoms with Crippen LogP contribution in [0.1, 0.15) is 85.4 Å². The Balaban J connectivity index is 0.00000101. The summed E-state index contributed by atoms with van der Waals surface area (Å²) >= 11 is 0. The van der Waals surface area contributed by atoms with E-state index in [0.717, 1.165) is 16.7 Å². The Bertz CT molecular complexity index is 544. The molecular formula is C21H37NO3. The van der Waals surface area contributed by atoms with Crippen molar-refractivity contribution in [2.75, 3.05) is 0 Å². The number of carbonyl (C=O) groups is 1. The van der Waals surface area contributed by atoms with Crippen LogP contribution in [-0.2, 0) is 22.0 Å². The van der Waals surface area contributed by atoms with Crippen LogP contribution in [0.15, 0.2) is 12.1 Å². The van der Waals surface area contributed by atoms with Gasteiger partial charge in [-0.05, 0) is 54.7 Å². The average molecular weight is 352 g/mol. The van der Waals surface area contributed by atoms with Gasteiger partial charge in [0, 0.05) is 12.0 Å². The molecule has 0 unspecified atom stereocenters. The van der Waals surface area contributed by atoms with Crippen molar-refractivity contribution in [3.05, 3.63) is 28.8 Å². The van der Waals surface area contributed by atoms with Gasteiger partial charge in [0.1, 0.15) is 5.75 Å². The first-order chi connectivity index (χ1) is 10.9. The summed E-state index contributed by atoms with van der Waals surface area (Å²) < 4.78 is 0. The van der Waals surface area contributed by atoms with Crippen molar-refractivity contribution in [2.45, 2.75) is 91.5 Å². The van der Waals surface area contributed by atoms with Crippen LogP contribution in [0.3, 0.4) is 0 Å². The van der Waals surface area contributed by atoms with E-state index in [0.29, 0.717) is 12.2 Å². The molecule has 0 amide bonds. The lowest BCUT2D eigenvalue weighted by Crippen LogP contribution is -2.26. The zero-order valence-corrected chi connectivity index (χ0v) is 17.4. The highest BCUT2D eigenvalue weighted by atomic mass is 16.4. The van der Waals surface area contributed by atoms with E-state index in [1.54, 1.807) is 0 Å². The van der Waals surface area contributed by atoms with Gasteiger partial charge in [-0.2, -0.15) is 0 Å². The molecule has 4 heteroatoms. The second-order valence-corrected chi connectivity index (χ2v) is 9.80. The van der Waals surface area contributed by atoms with Crippen molar-refractivity contribution < 1.29 is 15.0 Å². The van der Waals surface area contributed by atoms with Gasteiger partial charge in [-0.15, -0.1) is 0 Å². The summed E-state index contributed by atoms with van der Waals surface area (Å²) in [6.07, 6.45) is 0.597. The van der Waals surface area contributed by atoms with Crippen LogP contribution in [0.4, 0.5) is 0 Å². The SMILES string of the molecule is CC(C)(C)N.CC(C)(C)c1cc(CCC(=O)O)cc(C(C)(C)C)c1O. The average Bonchev–Trinajstić information content (AvgIpc) is 2.32. The number of phenolic OH excluding ortho intramolecular Hbond substituents is 1. The lowest BCUT2D eigenvalue weighted by molar-refractivity contribution is -0.136. The van der Waals surface area contributed by atoms with Crippen LogP contribution in [0.2, 0.25) is 0 Å². The molecule has 1 aromatic rings. The molecule has 0 saturated carbocycles. The molecule has 4 N–H and O–H groups in total. The molecule has 0 fully saturated rings. The van der Waals surface area contributed by atoms with Crippen molar-refractivity contribution in [2.24, 2.45) is 5.73 Å². The van der Waals surface area contributed by atoms with Crippen LogP contribution in [-0.4, -0.2) is 21.7 Å². The predicted molar refractivity (Wildman–Crippen MR) is 105 cm³/mol. The maximum Gasteiger partial charge on any atom is 0.303 e. The monoisotopic (exact) mass is 351 g/mol. The number of aryl methyl sites for hydroxylation is 1. The van der Waals surface area contributed by atoms with Gasteiger partial charge in [0.25, 0.3) is 0 Å². The molecule has 4 nitrogen and oxygen atoms in total. The lowest BCUT2D eigenvalue weighted by atomic mass is 9.78. The lowest BCUT2D eigenvalue weighted by Gasteiger charge is -2.28. The summed E-state index contributed by atoms with van der Waals surface area (Å²) in [5.74, 6) is -0.461. The van der Waals surface area contributed by atoms with Crippen molar-refractivity contribution >= 4 is 5.97 Å². The van der Waals surface area contributed by atoms with E-state index in [1.807, 2.05) is 32.9 Å². The summed E-state index contributed by atoms with van der Waals surface area (Å²) in [7, 11) is 0. The zero-order valence-electron chi connectivity index (χ0n) is 17.4. The fourth-order valence-electron chi connectivity index (χ4n) is 2.23. The Morgan fingerprint density at radius 2 is 1.24 bits per heavy atom. The number of carboxylic acids is 1. The maximum absolute atomic E-state index is 10.8. The molecule has 0 aromatic heterocycles. The highest BCUT2D eigenvalue weighted by molar-refractivity contribution is 5.67. The van der Waals surface area contributed by atoms with E-state index in [-0.39, 0.29) is 22.8 Å². The first-order valence-corrected chi connectivity index (χ1v) is 8.80. The van der Waals surface area contributed by atoms with Gasteiger partial charge in [0.05, 0.1) is 0 Å². The van der Waals surface area contributed by atoms with Crippen LogP contribution in [0.25, 0.3) is 0 Å². The number of phenols is 1. The van der Waals surface area contributed by atoms with E-state index in [1.165, 1.54) is 0 Å². The van der Waals surface area contributed by atoms with Crippen LogP contribution in [0.5, 0.6) is 5.75 Å². The fourth-order valence-corrected chi connectivity index (χ4v) is 2.23. The molecule has 0 saturated heterocycles. The number of nitrogens with two attached hydrogens (primary N) is 1. The van der Waals surface area contributed by atoms with Gasteiger partial charge >= 0.3 is 5.97 Å². The highest BCUT2D eigenvalue weighted by Crippen LogP contribution is 2.39. The molecule has 0 aliphatic heterocycles. The molecule has 0 radical (unpaired) electrons. The van der Waals surface area contributed by atoms with Gasteiger partial charge in [0.15, 0.2) is 0 Å². The van der Waals surface area contributed by atoms with Gasteiger partial charge in [-0.25, -0.2) is 0 Å². The Morgan fingerprint density at radius 3 is 1.48 bits per heavy atom. The minimum atomic E-state index is -0.798. The summed E-state index contributed by atoms with van der Waals surface area (Å²) in [6.45, 7) is 18.2. The van der Waals surface area contributed by atoms with E-state index in [9.17, 15) is 9.90 Å². The molecule has 0 bridgehead atoms. The number of hydrogen-bond acceptors (Lipinski definition) is 3. The zero-order chi connectivity index (χ0) is 20.2. The smallest absolute Gasteiger partial charge is 0.303 e. The molecule has 0 aliphatic rings. The molecule has 144 valence electrons. The summed E-state index contributed by atoms with van der Waals surface area (Å²) in [6, 6.07) is 3.88. The minimum Gasteiger partial charge on any atom is -0.507 e. The Labute approximate surface area is 153 Å². The van der Waals surface area contributed by atoms with Crippen LogP contribution in [0, 0.1) is 0 Å². The second kappa shape index (κ2) is 8.22. The van der Waals surface area contributed by atoms with Crippen molar-refractivity contribution in [3.8, 4) is 5.75 Å². The molecule has 0 spiro atoms. The molecule has 0 aliphatic carbocycles. The van der Waals surface area contributed by atoms with E-state index >= 15 is 0 Å². The topological polar surface area (TPSA) is 83.6 Å². The molecule has 1 aromatic carbocycles. The van der Waals surface area contributed by atoms with E-state index in [2.05, 4.69) is 41.5 Å². The third-order valence-corrected chi connectivity index (χ3v) is 3.41. The Hall–Kier alpha value is -1.55. The Morgan fingerprint density at radius 1 is 0.920 bits per heavy atom. The van der Waals surface area contributed by atoms with Gasteiger partial charge < -0.3 is 15.9 Å². The molecule has 0 heterocycles. The molecule has 0 atom stereocenters. The first-order valence-electron chi connectivity index (χ1n) is 8.80. The summed E-state index contributed by atoms with van der Waals surface area (Å²) in [4.78, 5) is 10.8. The van der Waals surface area contributed by atoms with E-state index < -0.39 is 5.97 Å². The standard InChI is InChI=1S/C17H26O3.C4H11N/c1-16(2,3)12-9-11(7-8-14(18)19)10-13(15(12)20)17(4,5)6;1-4(2,3)5/h9-10,20H,7-8H2,1-6H3,(H,18,19);5H2,1-3H3. The van der Waals surface area contributed by atoms with Crippen molar-refractivity contribution in [1.82, 2.24) is 0 Å². The number of rotatable bonds is 3. The van der Waals surface area contributed by atoms with Gasteiger partial charge in [-0.3, -0.25) is 4.79 Å². The summed E-state index contributed by atoms with van der Waals surface area (Å²) in [5, 5.41) is 19.4. The van der Waals surface area contributed by atoms with Crippen molar-refractivity contribution in [1.29, 1.82) is 0 Å². The number of benzene rings is 1. The Kier molecular flexibility index (Phi) is 7.71. The third-order valence-electron chi connectivity index (χ3n) is 3.41.